The first kappa shape index (κ1) is 22.8. The van der Waals surface area contributed by atoms with Crippen LogP contribution in [0.2, 0.25) is 0 Å². The molecule has 3 heterocycles. The van der Waals surface area contributed by atoms with Crippen LogP contribution in [-0.2, 0) is 11.3 Å². The molecule has 1 fully saturated rings. The number of anilines is 1. The Hall–Kier alpha value is -3.42. The number of nitrogens with zero attached hydrogens (tertiary/aromatic N) is 5. The number of amides is 1. The summed E-state index contributed by atoms with van der Waals surface area (Å²) < 4.78 is 3.54. The van der Waals surface area contributed by atoms with Crippen LogP contribution in [0.3, 0.4) is 0 Å². The Morgan fingerprint density at radius 1 is 1.15 bits per heavy atom. The zero-order chi connectivity index (χ0) is 23.5. The van der Waals surface area contributed by atoms with E-state index < -0.39 is 0 Å². The van der Waals surface area contributed by atoms with Gasteiger partial charge in [-0.15, -0.1) is 0 Å². The molecule has 1 aliphatic rings. The molecular weight excluding hydrogens is 416 g/mol. The largest absolute Gasteiger partial charge is 0.383 e. The Morgan fingerprint density at radius 3 is 2.61 bits per heavy atom. The number of hydrogen-bond acceptors (Lipinski definition) is 5. The summed E-state index contributed by atoms with van der Waals surface area (Å²) in [6.07, 6.45) is 4.29. The summed E-state index contributed by atoms with van der Waals surface area (Å²) in [5.74, 6) is 0.150. The summed E-state index contributed by atoms with van der Waals surface area (Å²) in [6.45, 7) is 7.86. The summed E-state index contributed by atoms with van der Waals surface area (Å²) in [7, 11) is 0. The molecule has 1 amide bonds. The van der Waals surface area contributed by atoms with E-state index in [1.165, 1.54) is 0 Å². The smallest absolute Gasteiger partial charge is 0.222 e. The van der Waals surface area contributed by atoms with E-state index >= 15 is 0 Å². The molecule has 0 spiro atoms. The van der Waals surface area contributed by atoms with Gasteiger partial charge < -0.3 is 10.6 Å². The van der Waals surface area contributed by atoms with Gasteiger partial charge in [0.1, 0.15) is 5.82 Å². The maximum Gasteiger partial charge on any atom is 0.222 e. The molecule has 8 nitrogen and oxygen atoms in total. The highest BCUT2D eigenvalue weighted by Gasteiger charge is 2.31. The standard InChI is InChI=1S/C25H32N6O2/c1-17-8-10-21(11-9-17)31-25(26)22(15-27-31)24(33)20-6-4-12-29(16-20)23(32)7-5-13-30-19(3)14-18(2)28-30/h8-11,14-15,20H,4-7,12-13,16,26H2,1-3H3/t20-/m1/s1. The lowest BCUT2D eigenvalue weighted by molar-refractivity contribution is -0.132. The van der Waals surface area contributed by atoms with Gasteiger partial charge in [0, 0.05) is 37.7 Å². The van der Waals surface area contributed by atoms with Crippen LogP contribution in [-0.4, -0.2) is 49.2 Å². The number of nitrogens with two attached hydrogens (primary N) is 1. The Labute approximate surface area is 194 Å². The lowest BCUT2D eigenvalue weighted by atomic mass is 9.90. The molecule has 1 aliphatic heterocycles. The molecular formula is C25H32N6O2. The molecule has 2 N–H and O–H groups in total. The number of carbonyl (C=O) groups excluding carboxylic acids is 2. The highest BCUT2D eigenvalue weighted by molar-refractivity contribution is 6.02. The normalized spacial score (nSPS) is 16.2. The number of likely N-dealkylation sites (tertiary alicyclic amines) is 1. The summed E-state index contributed by atoms with van der Waals surface area (Å²) in [4.78, 5) is 27.9. The van der Waals surface area contributed by atoms with Gasteiger partial charge in [-0.1, -0.05) is 17.7 Å². The molecule has 3 aromatic rings. The van der Waals surface area contributed by atoms with E-state index in [2.05, 4.69) is 10.2 Å². The predicted molar refractivity (Wildman–Crippen MR) is 127 cm³/mol. The number of aryl methyl sites for hydroxylation is 4. The van der Waals surface area contributed by atoms with Crippen LogP contribution in [0.4, 0.5) is 5.82 Å². The fraction of sp³-hybridized carbons (Fsp3) is 0.440. The topological polar surface area (TPSA) is 99.0 Å². The van der Waals surface area contributed by atoms with Gasteiger partial charge >= 0.3 is 0 Å². The first-order valence-corrected chi connectivity index (χ1v) is 11.6. The number of hydrogen-bond donors (Lipinski definition) is 1. The monoisotopic (exact) mass is 448 g/mol. The minimum absolute atomic E-state index is 0.0361. The Morgan fingerprint density at radius 2 is 1.91 bits per heavy atom. The average Bonchev–Trinajstić information content (AvgIpc) is 3.34. The lowest BCUT2D eigenvalue weighted by Crippen LogP contribution is -2.42. The number of ketones is 1. The van der Waals surface area contributed by atoms with E-state index in [-0.39, 0.29) is 17.6 Å². The first-order valence-electron chi connectivity index (χ1n) is 11.6. The Kier molecular flexibility index (Phi) is 6.62. The Balaban J connectivity index is 1.37. The average molecular weight is 449 g/mol. The van der Waals surface area contributed by atoms with Gasteiger partial charge in [-0.3, -0.25) is 14.3 Å². The number of Topliss-reactive ketones (excluding diaryl/α,β-unsaturated/α-hetero) is 1. The molecule has 174 valence electrons. The maximum absolute atomic E-state index is 13.2. The summed E-state index contributed by atoms with van der Waals surface area (Å²) in [6, 6.07) is 9.87. The molecule has 8 heteroatoms. The van der Waals surface area contributed by atoms with Crippen molar-refractivity contribution < 1.29 is 9.59 Å². The van der Waals surface area contributed by atoms with Gasteiger partial charge in [-0.2, -0.15) is 10.2 Å². The van der Waals surface area contributed by atoms with E-state index in [1.807, 2.05) is 60.7 Å². The molecule has 1 aromatic carbocycles. The molecule has 1 saturated heterocycles. The van der Waals surface area contributed by atoms with Crippen molar-refractivity contribution in [2.75, 3.05) is 18.8 Å². The van der Waals surface area contributed by atoms with Crippen molar-refractivity contribution in [3.05, 3.63) is 59.0 Å². The predicted octanol–water partition coefficient (Wildman–Crippen LogP) is 3.48. The van der Waals surface area contributed by atoms with Crippen LogP contribution in [0, 0.1) is 26.7 Å². The lowest BCUT2D eigenvalue weighted by Gasteiger charge is -2.32. The highest BCUT2D eigenvalue weighted by Crippen LogP contribution is 2.26. The van der Waals surface area contributed by atoms with Crippen LogP contribution < -0.4 is 5.73 Å². The number of benzene rings is 1. The summed E-state index contributed by atoms with van der Waals surface area (Å²) in [5.41, 5.74) is 10.8. The van der Waals surface area contributed by atoms with Crippen molar-refractivity contribution in [2.24, 2.45) is 5.92 Å². The number of rotatable bonds is 7. The zero-order valence-corrected chi connectivity index (χ0v) is 19.6. The second-order valence-electron chi connectivity index (χ2n) is 8.99. The fourth-order valence-corrected chi connectivity index (χ4v) is 4.52. The van der Waals surface area contributed by atoms with Gasteiger partial charge in [0.05, 0.1) is 23.1 Å². The molecule has 0 aliphatic carbocycles. The minimum Gasteiger partial charge on any atom is -0.383 e. The van der Waals surface area contributed by atoms with Crippen molar-refractivity contribution in [1.29, 1.82) is 0 Å². The SMILES string of the molecule is Cc1ccc(-n2ncc(C(=O)[C@@H]3CCCN(C(=O)CCCn4nc(C)cc4C)C3)c2N)cc1. The van der Waals surface area contributed by atoms with Crippen LogP contribution in [0.5, 0.6) is 0 Å². The highest BCUT2D eigenvalue weighted by atomic mass is 16.2. The third-order valence-electron chi connectivity index (χ3n) is 6.36. The third-order valence-corrected chi connectivity index (χ3v) is 6.36. The van der Waals surface area contributed by atoms with Crippen molar-refractivity contribution in [2.45, 2.75) is 53.0 Å². The van der Waals surface area contributed by atoms with Crippen LogP contribution in [0.25, 0.3) is 5.69 Å². The van der Waals surface area contributed by atoms with Gasteiger partial charge in [-0.05, 0) is 58.2 Å². The third kappa shape index (κ3) is 4.99. The van der Waals surface area contributed by atoms with E-state index in [1.54, 1.807) is 10.9 Å². The first-order chi connectivity index (χ1) is 15.8. The van der Waals surface area contributed by atoms with Gasteiger partial charge in [-0.25, -0.2) is 4.68 Å². The minimum atomic E-state index is -0.253. The second kappa shape index (κ2) is 9.60. The van der Waals surface area contributed by atoms with E-state index in [9.17, 15) is 9.59 Å². The quantitative estimate of drug-likeness (QED) is 0.558. The van der Waals surface area contributed by atoms with Crippen LogP contribution >= 0.6 is 0 Å². The summed E-state index contributed by atoms with van der Waals surface area (Å²) >= 11 is 0. The zero-order valence-electron chi connectivity index (χ0n) is 19.6. The van der Waals surface area contributed by atoms with Gasteiger partial charge in [0.2, 0.25) is 5.91 Å². The van der Waals surface area contributed by atoms with Gasteiger partial charge in [0.15, 0.2) is 5.78 Å². The molecule has 0 radical (unpaired) electrons. The van der Waals surface area contributed by atoms with Crippen molar-refractivity contribution >= 4 is 17.5 Å². The van der Waals surface area contributed by atoms with E-state index in [0.717, 1.165) is 48.4 Å². The molecule has 33 heavy (non-hydrogen) atoms. The fourth-order valence-electron chi connectivity index (χ4n) is 4.52. The van der Waals surface area contributed by atoms with E-state index in [0.29, 0.717) is 30.9 Å². The summed E-state index contributed by atoms with van der Waals surface area (Å²) in [5, 5.41) is 8.80. The van der Waals surface area contributed by atoms with Crippen LogP contribution in [0.15, 0.2) is 36.5 Å². The molecule has 0 unspecified atom stereocenters. The molecule has 4 rings (SSSR count). The molecule has 2 aromatic heterocycles. The molecule has 1 atom stereocenters. The van der Waals surface area contributed by atoms with E-state index in [4.69, 9.17) is 5.73 Å². The van der Waals surface area contributed by atoms with Crippen LogP contribution in [0.1, 0.15) is 53.0 Å². The molecule has 0 bridgehead atoms. The number of carbonyl (C=O) groups is 2. The Bertz CT molecular complexity index is 1140. The number of aromatic nitrogens is 4. The number of nitrogen functional groups attached to an aromatic ring is 1. The second-order valence-corrected chi connectivity index (χ2v) is 8.99. The number of piperidine rings is 1. The van der Waals surface area contributed by atoms with Gasteiger partial charge in [0.25, 0.3) is 0 Å². The maximum atomic E-state index is 13.2. The van der Waals surface area contributed by atoms with Crippen molar-refractivity contribution in [1.82, 2.24) is 24.5 Å². The van der Waals surface area contributed by atoms with Crippen molar-refractivity contribution in [3.8, 4) is 5.69 Å². The van der Waals surface area contributed by atoms with Crippen molar-refractivity contribution in [3.63, 3.8) is 0 Å². The molecule has 0 saturated carbocycles.